The first-order chi connectivity index (χ1) is 19.6. The Morgan fingerprint density at radius 2 is 1.93 bits per heavy atom. The first kappa shape index (κ1) is 25.4. The molecule has 7 rings (SSSR count). The Balaban J connectivity index is 1.13. The number of aromatic nitrogens is 5. The smallest absolute Gasteiger partial charge is 0.407 e. The molecule has 6 heterocycles. The number of carbonyl (C=O) groups is 1. The SMILES string of the molecule is CCN(c1ccc(-c2ccc(-c3cnn(C4CCCCO4)c3)c3ncsc23)nn1)C1CC2CCC(C1)N2C(=O)O. The van der Waals surface area contributed by atoms with Gasteiger partial charge in [-0.3, -0.25) is 0 Å². The van der Waals surface area contributed by atoms with Gasteiger partial charge in [-0.25, -0.2) is 14.5 Å². The molecule has 4 aromatic rings. The number of carboxylic acid groups (broad SMARTS) is 1. The summed E-state index contributed by atoms with van der Waals surface area (Å²) in [5.41, 5.74) is 6.72. The Kier molecular flexibility index (Phi) is 6.63. The van der Waals surface area contributed by atoms with Crippen molar-refractivity contribution in [2.24, 2.45) is 0 Å². The molecule has 0 aliphatic carbocycles. The summed E-state index contributed by atoms with van der Waals surface area (Å²) in [6, 6.07) is 8.76. The van der Waals surface area contributed by atoms with E-state index in [0.29, 0.717) is 0 Å². The molecular formula is C29H33N7O3S. The predicted molar refractivity (Wildman–Crippen MR) is 153 cm³/mol. The minimum absolute atomic E-state index is 0.00375. The third-order valence-corrected chi connectivity index (χ3v) is 9.64. The fourth-order valence-corrected chi connectivity index (χ4v) is 7.73. The van der Waals surface area contributed by atoms with Crippen molar-refractivity contribution >= 4 is 33.5 Å². The van der Waals surface area contributed by atoms with Gasteiger partial charge >= 0.3 is 6.09 Å². The van der Waals surface area contributed by atoms with Crippen LogP contribution in [0.3, 0.4) is 0 Å². The highest BCUT2D eigenvalue weighted by Crippen LogP contribution is 2.40. The van der Waals surface area contributed by atoms with Gasteiger partial charge in [0.25, 0.3) is 0 Å². The van der Waals surface area contributed by atoms with Crippen LogP contribution in [0.4, 0.5) is 10.6 Å². The zero-order valence-corrected chi connectivity index (χ0v) is 23.3. The largest absolute Gasteiger partial charge is 0.465 e. The van der Waals surface area contributed by atoms with Crippen molar-refractivity contribution in [1.82, 2.24) is 29.9 Å². The normalized spacial score (nSPS) is 24.5. The fourth-order valence-electron chi connectivity index (χ4n) is 6.90. The van der Waals surface area contributed by atoms with Crippen molar-refractivity contribution in [3.63, 3.8) is 0 Å². The van der Waals surface area contributed by atoms with E-state index in [-0.39, 0.29) is 24.4 Å². The van der Waals surface area contributed by atoms with E-state index >= 15 is 0 Å². The summed E-state index contributed by atoms with van der Waals surface area (Å²) in [5.74, 6) is 0.842. The van der Waals surface area contributed by atoms with Gasteiger partial charge in [0.2, 0.25) is 0 Å². The second kappa shape index (κ2) is 10.4. The predicted octanol–water partition coefficient (Wildman–Crippen LogP) is 5.82. The molecule has 0 radical (unpaired) electrons. The number of fused-ring (bicyclic) bond motifs is 3. The van der Waals surface area contributed by atoms with Gasteiger partial charge in [-0.2, -0.15) is 5.10 Å². The number of hydrogen-bond donors (Lipinski definition) is 1. The summed E-state index contributed by atoms with van der Waals surface area (Å²) >= 11 is 1.61. The van der Waals surface area contributed by atoms with E-state index in [4.69, 9.17) is 9.72 Å². The van der Waals surface area contributed by atoms with Gasteiger partial charge in [0.05, 0.1) is 27.6 Å². The summed E-state index contributed by atoms with van der Waals surface area (Å²) in [6.45, 7) is 3.72. The van der Waals surface area contributed by atoms with Gasteiger partial charge in [0, 0.05) is 54.2 Å². The second-order valence-corrected chi connectivity index (χ2v) is 11.8. The lowest BCUT2D eigenvalue weighted by atomic mass is 9.96. The number of rotatable bonds is 6. The molecule has 208 valence electrons. The van der Waals surface area contributed by atoms with Crippen molar-refractivity contribution in [2.75, 3.05) is 18.1 Å². The molecular weight excluding hydrogens is 526 g/mol. The molecule has 10 nitrogen and oxygen atoms in total. The highest BCUT2D eigenvalue weighted by molar-refractivity contribution is 7.17. The van der Waals surface area contributed by atoms with Crippen LogP contribution in [0, 0.1) is 0 Å². The van der Waals surface area contributed by atoms with E-state index in [1.807, 2.05) is 28.5 Å². The topological polar surface area (TPSA) is 110 Å². The zero-order valence-electron chi connectivity index (χ0n) is 22.5. The Morgan fingerprint density at radius 1 is 1.10 bits per heavy atom. The van der Waals surface area contributed by atoms with Gasteiger partial charge in [0.15, 0.2) is 5.82 Å². The maximum Gasteiger partial charge on any atom is 0.407 e. The Hall–Kier alpha value is -3.57. The first-order valence-electron chi connectivity index (χ1n) is 14.2. The molecule has 3 fully saturated rings. The number of anilines is 1. The summed E-state index contributed by atoms with van der Waals surface area (Å²) in [6.07, 6.45) is 10.0. The van der Waals surface area contributed by atoms with Crippen molar-refractivity contribution in [3.05, 3.63) is 42.2 Å². The highest BCUT2D eigenvalue weighted by atomic mass is 32.1. The van der Waals surface area contributed by atoms with E-state index in [1.54, 1.807) is 16.2 Å². The minimum Gasteiger partial charge on any atom is -0.465 e. The summed E-state index contributed by atoms with van der Waals surface area (Å²) in [7, 11) is 0. The minimum atomic E-state index is -0.786. The van der Waals surface area contributed by atoms with Crippen LogP contribution in [0.25, 0.3) is 32.6 Å². The number of amides is 1. The summed E-state index contributed by atoms with van der Waals surface area (Å²) in [4.78, 5) is 20.4. The number of thiazole rings is 1. The molecule has 0 spiro atoms. The zero-order chi connectivity index (χ0) is 27.2. The van der Waals surface area contributed by atoms with Crippen molar-refractivity contribution < 1.29 is 14.6 Å². The quantitative estimate of drug-likeness (QED) is 0.315. The lowest BCUT2D eigenvalue weighted by Crippen LogP contribution is -2.52. The van der Waals surface area contributed by atoms with Crippen LogP contribution in [0.2, 0.25) is 0 Å². The first-order valence-corrected chi connectivity index (χ1v) is 15.1. The Labute approximate surface area is 236 Å². The molecule has 1 amide bonds. The molecule has 1 N–H and O–H groups in total. The molecule has 3 aliphatic heterocycles. The van der Waals surface area contributed by atoms with Crippen LogP contribution in [0.5, 0.6) is 0 Å². The number of benzene rings is 1. The molecule has 3 atom stereocenters. The van der Waals surface area contributed by atoms with Gasteiger partial charge in [0.1, 0.15) is 6.23 Å². The van der Waals surface area contributed by atoms with Crippen LogP contribution >= 0.6 is 11.3 Å². The molecule has 1 aromatic carbocycles. The van der Waals surface area contributed by atoms with E-state index in [1.165, 1.54) is 0 Å². The van der Waals surface area contributed by atoms with E-state index in [2.05, 4.69) is 45.4 Å². The average molecular weight is 560 g/mol. The molecule has 3 saturated heterocycles. The van der Waals surface area contributed by atoms with Gasteiger partial charge in [-0.15, -0.1) is 21.5 Å². The fraction of sp³-hybridized carbons (Fsp3) is 0.483. The molecule has 40 heavy (non-hydrogen) atoms. The Bertz CT molecular complexity index is 1500. The van der Waals surface area contributed by atoms with E-state index in [9.17, 15) is 9.90 Å². The summed E-state index contributed by atoms with van der Waals surface area (Å²) < 4.78 is 8.91. The molecule has 3 aromatic heterocycles. The van der Waals surface area contributed by atoms with Crippen LogP contribution in [-0.2, 0) is 4.74 Å². The van der Waals surface area contributed by atoms with Crippen LogP contribution in [-0.4, -0.2) is 72.3 Å². The molecule has 0 saturated carbocycles. The van der Waals surface area contributed by atoms with E-state index in [0.717, 1.165) is 96.5 Å². The van der Waals surface area contributed by atoms with Crippen LogP contribution < -0.4 is 4.90 Å². The maximum atomic E-state index is 11.7. The van der Waals surface area contributed by atoms with Crippen molar-refractivity contribution in [1.29, 1.82) is 0 Å². The van der Waals surface area contributed by atoms with Crippen LogP contribution in [0.1, 0.15) is 58.1 Å². The van der Waals surface area contributed by atoms with Crippen LogP contribution in [0.15, 0.2) is 42.2 Å². The van der Waals surface area contributed by atoms with Gasteiger partial charge in [-0.1, -0.05) is 12.1 Å². The molecule has 3 unspecified atom stereocenters. The second-order valence-electron chi connectivity index (χ2n) is 11.0. The Morgan fingerprint density at radius 3 is 2.62 bits per heavy atom. The number of hydrogen-bond acceptors (Lipinski definition) is 8. The van der Waals surface area contributed by atoms with Gasteiger partial charge in [-0.05, 0) is 64.0 Å². The van der Waals surface area contributed by atoms with Crippen molar-refractivity contribution in [2.45, 2.75) is 76.2 Å². The lowest BCUT2D eigenvalue weighted by molar-refractivity contribution is -0.0394. The number of ether oxygens (including phenoxy) is 1. The number of nitrogens with zero attached hydrogens (tertiary/aromatic N) is 7. The molecule has 3 aliphatic rings. The third kappa shape index (κ3) is 4.41. The molecule has 11 heteroatoms. The highest BCUT2D eigenvalue weighted by Gasteiger charge is 2.45. The third-order valence-electron chi connectivity index (χ3n) is 8.78. The maximum absolute atomic E-state index is 11.7. The monoisotopic (exact) mass is 559 g/mol. The lowest BCUT2D eigenvalue weighted by Gasteiger charge is -2.42. The summed E-state index contributed by atoms with van der Waals surface area (Å²) in [5, 5.41) is 23.5. The van der Waals surface area contributed by atoms with Gasteiger partial charge < -0.3 is 19.6 Å². The standard InChI is InChI=1S/C29H33N7O3S/c1-2-34(21-13-19-6-7-20(14-21)36(19)29(37)38)25-11-10-24(32-33-25)23-9-8-22(27-28(23)40-17-30-27)18-15-31-35(16-18)26-5-3-4-12-39-26/h8-11,15-17,19-21,26H,2-7,12-14H2,1H3,(H,37,38). The molecule has 2 bridgehead atoms. The van der Waals surface area contributed by atoms with E-state index < -0.39 is 6.09 Å². The van der Waals surface area contributed by atoms with Crippen molar-refractivity contribution in [3.8, 4) is 22.4 Å². The number of piperidine rings is 1. The average Bonchev–Trinajstić information content (AvgIpc) is 3.72.